The summed E-state index contributed by atoms with van der Waals surface area (Å²) < 4.78 is 2.39. The molecule has 0 spiro atoms. The fourth-order valence-electron chi connectivity index (χ4n) is 8.79. The van der Waals surface area contributed by atoms with Crippen molar-refractivity contribution < 1.29 is 0 Å². The first-order chi connectivity index (χ1) is 27.8. The SMILES string of the molecule is c1ccc(-c2ccc(N(c3ccc(-c4cc5c6ccccc6ccc5c5ccccc45)cc3)c3cccc4c3c3ccccc3n4-c3ccccc3)cc2)cc1. The van der Waals surface area contributed by atoms with Crippen molar-refractivity contribution in [3.63, 3.8) is 0 Å². The van der Waals surface area contributed by atoms with Gasteiger partial charge < -0.3 is 9.47 Å². The average Bonchev–Trinajstić information content (AvgIpc) is 3.62. The van der Waals surface area contributed by atoms with Crippen LogP contribution in [0.5, 0.6) is 0 Å². The minimum absolute atomic E-state index is 1.10. The molecule has 1 aromatic heterocycles. The lowest BCUT2D eigenvalue weighted by Crippen LogP contribution is -2.10. The topological polar surface area (TPSA) is 8.17 Å². The minimum atomic E-state index is 1.10. The number of hydrogen-bond donors (Lipinski definition) is 0. The van der Waals surface area contributed by atoms with Crippen molar-refractivity contribution in [3.05, 3.63) is 218 Å². The van der Waals surface area contributed by atoms with Gasteiger partial charge in [-0.25, -0.2) is 0 Å². The van der Waals surface area contributed by atoms with Crippen LogP contribution in [0.4, 0.5) is 17.1 Å². The van der Waals surface area contributed by atoms with Crippen LogP contribution in [0, 0.1) is 0 Å². The minimum Gasteiger partial charge on any atom is -0.310 e. The highest BCUT2D eigenvalue weighted by atomic mass is 15.1. The second-order valence-electron chi connectivity index (χ2n) is 14.5. The summed E-state index contributed by atoms with van der Waals surface area (Å²) in [6, 6.07) is 79.4. The zero-order chi connectivity index (χ0) is 37.0. The summed E-state index contributed by atoms with van der Waals surface area (Å²) in [5, 5.41) is 10.1. The van der Waals surface area contributed by atoms with Gasteiger partial charge in [0.05, 0.1) is 16.7 Å². The number of aromatic nitrogens is 1. The van der Waals surface area contributed by atoms with Gasteiger partial charge in [0.2, 0.25) is 0 Å². The summed E-state index contributed by atoms with van der Waals surface area (Å²) in [6.07, 6.45) is 0. The molecule has 0 amide bonds. The summed E-state index contributed by atoms with van der Waals surface area (Å²) in [7, 11) is 0. The Labute approximate surface area is 325 Å². The Kier molecular flexibility index (Phi) is 7.53. The van der Waals surface area contributed by atoms with E-state index in [1.165, 1.54) is 76.4 Å². The first kappa shape index (κ1) is 32.0. The van der Waals surface area contributed by atoms with Gasteiger partial charge in [0, 0.05) is 27.8 Å². The third-order valence-electron chi connectivity index (χ3n) is 11.4. The molecule has 2 heteroatoms. The maximum atomic E-state index is 2.43. The Morgan fingerprint density at radius 3 is 1.62 bits per heavy atom. The van der Waals surface area contributed by atoms with Gasteiger partial charge in [-0.05, 0) is 115 Å². The molecule has 0 saturated heterocycles. The maximum Gasteiger partial charge on any atom is 0.0562 e. The van der Waals surface area contributed by atoms with E-state index in [4.69, 9.17) is 0 Å². The molecule has 0 fully saturated rings. The molecule has 10 aromatic carbocycles. The van der Waals surface area contributed by atoms with E-state index < -0.39 is 0 Å². The normalized spacial score (nSPS) is 11.6. The molecule has 262 valence electrons. The highest BCUT2D eigenvalue weighted by molar-refractivity contribution is 6.21. The number of fused-ring (bicyclic) bond motifs is 8. The molecule has 0 aliphatic heterocycles. The van der Waals surface area contributed by atoms with Gasteiger partial charge in [-0.2, -0.15) is 0 Å². The molecular weight excluding hydrogens is 677 g/mol. The molecular formula is C54H36N2. The largest absolute Gasteiger partial charge is 0.310 e. The third kappa shape index (κ3) is 5.19. The molecule has 0 aliphatic carbocycles. The molecule has 0 N–H and O–H groups in total. The molecule has 0 saturated carbocycles. The van der Waals surface area contributed by atoms with Crippen LogP contribution >= 0.6 is 0 Å². The molecule has 0 radical (unpaired) electrons. The van der Waals surface area contributed by atoms with Crippen molar-refractivity contribution in [2.24, 2.45) is 0 Å². The smallest absolute Gasteiger partial charge is 0.0562 e. The summed E-state index contributed by atoms with van der Waals surface area (Å²) in [4.78, 5) is 2.43. The summed E-state index contributed by atoms with van der Waals surface area (Å²) in [5.74, 6) is 0. The highest BCUT2D eigenvalue weighted by Crippen LogP contribution is 2.45. The monoisotopic (exact) mass is 712 g/mol. The van der Waals surface area contributed by atoms with E-state index in [0.29, 0.717) is 0 Å². The predicted octanol–water partition coefficient (Wildman–Crippen LogP) is 15.0. The second-order valence-corrected chi connectivity index (χ2v) is 14.5. The van der Waals surface area contributed by atoms with Gasteiger partial charge in [-0.3, -0.25) is 0 Å². The van der Waals surface area contributed by atoms with Crippen molar-refractivity contribution in [2.45, 2.75) is 0 Å². The van der Waals surface area contributed by atoms with Crippen molar-refractivity contribution in [1.82, 2.24) is 4.57 Å². The molecule has 11 rings (SSSR count). The van der Waals surface area contributed by atoms with Crippen LogP contribution < -0.4 is 4.90 Å². The number of anilines is 3. The predicted molar refractivity (Wildman–Crippen MR) is 239 cm³/mol. The summed E-state index contributed by atoms with van der Waals surface area (Å²) in [6.45, 7) is 0. The number of nitrogens with zero attached hydrogens (tertiary/aromatic N) is 2. The fourth-order valence-corrected chi connectivity index (χ4v) is 8.79. The Hall–Kier alpha value is -7.42. The quantitative estimate of drug-likeness (QED) is 0.156. The second kappa shape index (κ2) is 13.2. The summed E-state index contributed by atoms with van der Waals surface area (Å²) in [5.41, 5.74) is 11.7. The first-order valence-electron chi connectivity index (χ1n) is 19.3. The van der Waals surface area contributed by atoms with Crippen LogP contribution in [0.1, 0.15) is 0 Å². The van der Waals surface area contributed by atoms with Crippen LogP contribution in [-0.2, 0) is 0 Å². The Morgan fingerprint density at radius 2 is 0.875 bits per heavy atom. The lowest BCUT2D eigenvalue weighted by atomic mass is 9.91. The van der Waals surface area contributed by atoms with Crippen LogP contribution in [-0.4, -0.2) is 4.57 Å². The van der Waals surface area contributed by atoms with E-state index in [9.17, 15) is 0 Å². The molecule has 56 heavy (non-hydrogen) atoms. The standard InChI is InChI=1S/C54H36N2/c1-3-14-37(15-4-1)38-26-31-42(32-27-38)55(52-24-13-25-53-54(52)48-22-11-12-23-51(48)56(53)41-17-5-2-6-18-41)43-33-28-40(29-34-43)49-36-50-44-19-8-7-16-39(44)30-35-47(50)45-20-9-10-21-46(45)49/h1-36H. The van der Waals surface area contributed by atoms with E-state index in [0.717, 1.165) is 22.7 Å². The zero-order valence-corrected chi connectivity index (χ0v) is 30.7. The van der Waals surface area contributed by atoms with Gasteiger partial charge >= 0.3 is 0 Å². The van der Waals surface area contributed by atoms with Crippen molar-refractivity contribution in [1.29, 1.82) is 0 Å². The van der Waals surface area contributed by atoms with Gasteiger partial charge in [0.1, 0.15) is 0 Å². The highest BCUT2D eigenvalue weighted by Gasteiger charge is 2.21. The van der Waals surface area contributed by atoms with Gasteiger partial charge in [-0.15, -0.1) is 0 Å². The van der Waals surface area contributed by atoms with Crippen LogP contribution in [0.3, 0.4) is 0 Å². The molecule has 0 aliphatic rings. The average molecular weight is 713 g/mol. The lowest BCUT2D eigenvalue weighted by Gasteiger charge is -2.27. The van der Waals surface area contributed by atoms with Gasteiger partial charge in [0.15, 0.2) is 0 Å². The van der Waals surface area contributed by atoms with Gasteiger partial charge in [-0.1, -0.05) is 158 Å². The first-order valence-corrected chi connectivity index (χ1v) is 19.3. The van der Waals surface area contributed by atoms with E-state index in [-0.39, 0.29) is 0 Å². The van der Waals surface area contributed by atoms with E-state index in [1.54, 1.807) is 0 Å². The Balaban J connectivity index is 1.12. The lowest BCUT2D eigenvalue weighted by molar-refractivity contribution is 1.18. The maximum absolute atomic E-state index is 2.43. The molecule has 0 bridgehead atoms. The molecule has 11 aromatic rings. The van der Waals surface area contributed by atoms with Crippen LogP contribution in [0.2, 0.25) is 0 Å². The van der Waals surface area contributed by atoms with Crippen molar-refractivity contribution >= 4 is 71.2 Å². The third-order valence-corrected chi connectivity index (χ3v) is 11.4. The van der Waals surface area contributed by atoms with E-state index in [1.807, 2.05) is 0 Å². The molecule has 0 atom stereocenters. The molecule has 1 heterocycles. The summed E-state index contributed by atoms with van der Waals surface area (Å²) >= 11 is 0. The Morgan fingerprint density at radius 1 is 0.321 bits per heavy atom. The number of para-hydroxylation sites is 2. The van der Waals surface area contributed by atoms with E-state index in [2.05, 4.69) is 228 Å². The number of rotatable bonds is 6. The zero-order valence-electron chi connectivity index (χ0n) is 30.7. The van der Waals surface area contributed by atoms with Crippen LogP contribution in [0.15, 0.2) is 218 Å². The number of hydrogen-bond acceptors (Lipinski definition) is 1. The molecule has 0 unspecified atom stereocenters. The van der Waals surface area contributed by atoms with Crippen molar-refractivity contribution in [3.8, 4) is 27.9 Å². The molecule has 2 nitrogen and oxygen atoms in total. The van der Waals surface area contributed by atoms with Crippen molar-refractivity contribution in [2.75, 3.05) is 4.90 Å². The Bertz CT molecular complexity index is 3210. The van der Waals surface area contributed by atoms with E-state index >= 15 is 0 Å². The number of benzene rings is 10. The van der Waals surface area contributed by atoms with Crippen LogP contribution in [0.25, 0.3) is 82.1 Å². The van der Waals surface area contributed by atoms with Gasteiger partial charge in [0.25, 0.3) is 0 Å². The fraction of sp³-hybridized carbons (Fsp3) is 0.